The van der Waals surface area contributed by atoms with Crippen LogP contribution in [0.2, 0.25) is 0 Å². The second-order valence-corrected chi connectivity index (χ2v) is 6.30. The molecule has 3 rings (SSSR count). The van der Waals surface area contributed by atoms with Crippen LogP contribution in [0, 0.1) is 0 Å². The van der Waals surface area contributed by atoms with Crippen molar-refractivity contribution in [3.05, 3.63) is 47.5 Å². The highest BCUT2D eigenvalue weighted by molar-refractivity contribution is 5.79. The molecule has 1 heterocycles. The minimum Gasteiger partial charge on any atom is -0.368 e. The SMILES string of the molecule is C/C=C/COCC(=O)N1[C@H]2c3ccccc3C[C@H]2OC1(C)C. The maximum Gasteiger partial charge on any atom is 0.251 e. The van der Waals surface area contributed by atoms with E-state index in [2.05, 4.69) is 12.1 Å². The first-order valence-electron chi connectivity index (χ1n) is 7.81. The van der Waals surface area contributed by atoms with E-state index in [9.17, 15) is 4.79 Å². The maximum absolute atomic E-state index is 12.7. The Morgan fingerprint density at radius 3 is 3.00 bits per heavy atom. The molecule has 2 atom stereocenters. The Labute approximate surface area is 131 Å². The molecule has 118 valence electrons. The fourth-order valence-electron chi connectivity index (χ4n) is 3.55. The predicted molar refractivity (Wildman–Crippen MR) is 84.3 cm³/mol. The number of fused-ring (bicyclic) bond motifs is 3. The molecule has 0 unspecified atom stereocenters. The first kappa shape index (κ1) is 15.3. The highest BCUT2D eigenvalue weighted by atomic mass is 16.5. The van der Waals surface area contributed by atoms with E-state index in [1.807, 2.05) is 50.0 Å². The highest BCUT2D eigenvalue weighted by Crippen LogP contribution is 2.48. The van der Waals surface area contributed by atoms with Gasteiger partial charge >= 0.3 is 0 Å². The monoisotopic (exact) mass is 301 g/mol. The quantitative estimate of drug-likeness (QED) is 0.634. The minimum absolute atomic E-state index is 0.00372. The Morgan fingerprint density at radius 2 is 2.23 bits per heavy atom. The van der Waals surface area contributed by atoms with Gasteiger partial charge in [0, 0.05) is 6.42 Å². The summed E-state index contributed by atoms with van der Waals surface area (Å²) < 4.78 is 11.6. The molecule has 1 aliphatic heterocycles. The number of carbonyl (C=O) groups excluding carboxylic acids is 1. The number of allylic oxidation sites excluding steroid dienone is 1. The molecule has 1 saturated heterocycles. The topological polar surface area (TPSA) is 38.8 Å². The lowest BCUT2D eigenvalue weighted by atomic mass is 10.1. The van der Waals surface area contributed by atoms with Gasteiger partial charge in [0.05, 0.1) is 18.8 Å². The molecule has 1 aliphatic carbocycles. The van der Waals surface area contributed by atoms with Gasteiger partial charge in [-0.25, -0.2) is 0 Å². The zero-order chi connectivity index (χ0) is 15.7. The summed E-state index contributed by atoms with van der Waals surface area (Å²) in [6, 6.07) is 8.29. The van der Waals surface area contributed by atoms with E-state index in [0.717, 1.165) is 6.42 Å². The van der Waals surface area contributed by atoms with Crippen LogP contribution in [0.25, 0.3) is 0 Å². The summed E-state index contributed by atoms with van der Waals surface area (Å²) in [5.41, 5.74) is 1.89. The van der Waals surface area contributed by atoms with Crippen LogP contribution < -0.4 is 0 Å². The lowest BCUT2D eigenvalue weighted by molar-refractivity contribution is -0.152. The number of amides is 1. The van der Waals surface area contributed by atoms with E-state index in [4.69, 9.17) is 9.47 Å². The Balaban J connectivity index is 1.80. The molecule has 0 aromatic heterocycles. The third-order valence-corrected chi connectivity index (χ3v) is 4.39. The van der Waals surface area contributed by atoms with E-state index in [-0.39, 0.29) is 24.7 Å². The van der Waals surface area contributed by atoms with Crippen molar-refractivity contribution < 1.29 is 14.3 Å². The summed E-state index contributed by atoms with van der Waals surface area (Å²) in [4.78, 5) is 14.5. The zero-order valence-corrected chi connectivity index (χ0v) is 13.4. The molecule has 4 heteroatoms. The number of nitrogens with zero attached hydrogens (tertiary/aromatic N) is 1. The van der Waals surface area contributed by atoms with Gasteiger partial charge in [0.1, 0.15) is 12.3 Å². The number of carbonyl (C=O) groups is 1. The molecule has 0 N–H and O–H groups in total. The second-order valence-electron chi connectivity index (χ2n) is 6.30. The molecule has 0 spiro atoms. The Morgan fingerprint density at radius 1 is 1.45 bits per heavy atom. The van der Waals surface area contributed by atoms with Crippen molar-refractivity contribution >= 4 is 5.91 Å². The summed E-state index contributed by atoms with van der Waals surface area (Å²) in [6.45, 7) is 6.39. The number of ether oxygens (including phenoxy) is 2. The Kier molecular flexibility index (Phi) is 4.06. The molecule has 4 nitrogen and oxygen atoms in total. The van der Waals surface area contributed by atoms with E-state index >= 15 is 0 Å². The van der Waals surface area contributed by atoms with E-state index in [1.54, 1.807) is 0 Å². The highest BCUT2D eigenvalue weighted by Gasteiger charge is 2.53. The van der Waals surface area contributed by atoms with Crippen LogP contribution in [-0.2, 0) is 20.7 Å². The Bertz CT molecular complexity index is 594. The van der Waals surface area contributed by atoms with Crippen LogP contribution in [0.15, 0.2) is 36.4 Å². The van der Waals surface area contributed by atoms with Crippen LogP contribution in [0.1, 0.15) is 37.9 Å². The van der Waals surface area contributed by atoms with Gasteiger partial charge in [0.2, 0.25) is 0 Å². The molecular weight excluding hydrogens is 278 g/mol. The summed E-state index contributed by atoms with van der Waals surface area (Å²) in [5, 5.41) is 0. The van der Waals surface area contributed by atoms with Gasteiger partial charge in [0.25, 0.3) is 5.91 Å². The average molecular weight is 301 g/mol. The summed E-state index contributed by atoms with van der Waals surface area (Å²) in [5.74, 6) is -0.0151. The molecule has 1 aromatic rings. The average Bonchev–Trinajstić information content (AvgIpc) is 2.93. The van der Waals surface area contributed by atoms with Crippen molar-refractivity contribution in [1.29, 1.82) is 0 Å². The normalized spacial score (nSPS) is 25.5. The van der Waals surface area contributed by atoms with E-state index in [1.165, 1.54) is 11.1 Å². The molecular formula is C18H23NO3. The summed E-state index contributed by atoms with van der Waals surface area (Å²) in [6.07, 6.45) is 4.73. The lowest BCUT2D eigenvalue weighted by Crippen LogP contribution is -2.46. The lowest BCUT2D eigenvalue weighted by Gasteiger charge is -2.33. The van der Waals surface area contributed by atoms with Crippen molar-refractivity contribution in [2.45, 2.75) is 45.1 Å². The van der Waals surface area contributed by atoms with E-state index in [0.29, 0.717) is 6.61 Å². The van der Waals surface area contributed by atoms with Crippen molar-refractivity contribution in [2.24, 2.45) is 0 Å². The summed E-state index contributed by atoms with van der Waals surface area (Å²) in [7, 11) is 0. The molecule has 1 amide bonds. The third-order valence-electron chi connectivity index (χ3n) is 4.39. The van der Waals surface area contributed by atoms with Crippen molar-refractivity contribution in [3.63, 3.8) is 0 Å². The maximum atomic E-state index is 12.7. The minimum atomic E-state index is -0.593. The van der Waals surface area contributed by atoms with Gasteiger partial charge in [-0.3, -0.25) is 4.79 Å². The zero-order valence-electron chi connectivity index (χ0n) is 13.4. The predicted octanol–water partition coefficient (Wildman–Crippen LogP) is 2.84. The largest absolute Gasteiger partial charge is 0.368 e. The molecule has 1 fully saturated rings. The van der Waals surface area contributed by atoms with Crippen LogP contribution in [0.4, 0.5) is 0 Å². The molecule has 0 radical (unpaired) electrons. The van der Waals surface area contributed by atoms with Gasteiger partial charge in [-0.15, -0.1) is 0 Å². The first-order chi connectivity index (χ1) is 10.5. The Hall–Kier alpha value is -1.65. The number of benzene rings is 1. The molecule has 0 bridgehead atoms. The molecule has 0 saturated carbocycles. The second kappa shape index (κ2) is 5.86. The van der Waals surface area contributed by atoms with Gasteiger partial charge in [-0.1, -0.05) is 36.4 Å². The van der Waals surface area contributed by atoms with Crippen LogP contribution in [0.3, 0.4) is 0 Å². The van der Waals surface area contributed by atoms with Crippen LogP contribution in [-0.4, -0.2) is 35.8 Å². The standard InChI is InChI=1S/C18H23NO3/c1-4-5-10-21-12-16(20)19-17-14-9-7-6-8-13(14)11-15(17)22-18(19,2)3/h4-9,15,17H,10-12H2,1-3H3/b5-4+/t15-,17+/m1/s1. The number of hydrogen-bond donors (Lipinski definition) is 0. The number of rotatable bonds is 4. The smallest absolute Gasteiger partial charge is 0.251 e. The van der Waals surface area contributed by atoms with Crippen LogP contribution >= 0.6 is 0 Å². The third kappa shape index (κ3) is 2.57. The fraction of sp³-hybridized carbons (Fsp3) is 0.500. The van der Waals surface area contributed by atoms with Crippen LogP contribution in [0.5, 0.6) is 0 Å². The van der Waals surface area contributed by atoms with Gasteiger partial charge in [-0.05, 0) is 31.9 Å². The van der Waals surface area contributed by atoms with Gasteiger partial charge in [0.15, 0.2) is 0 Å². The molecule has 2 aliphatic rings. The summed E-state index contributed by atoms with van der Waals surface area (Å²) >= 11 is 0. The van der Waals surface area contributed by atoms with Crippen molar-refractivity contribution in [1.82, 2.24) is 4.90 Å². The fourth-order valence-corrected chi connectivity index (χ4v) is 3.55. The van der Waals surface area contributed by atoms with Gasteiger partial charge < -0.3 is 14.4 Å². The van der Waals surface area contributed by atoms with Crippen molar-refractivity contribution in [2.75, 3.05) is 13.2 Å². The molecule has 22 heavy (non-hydrogen) atoms. The van der Waals surface area contributed by atoms with Crippen molar-refractivity contribution in [3.8, 4) is 0 Å². The molecule has 1 aromatic carbocycles. The van der Waals surface area contributed by atoms with Gasteiger partial charge in [-0.2, -0.15) is 0 Å². The first-order valence-corrected chi connectivity index (χ1v) is 7.81. The van der Waals surface area contributed by atoms with E-state index < -0.39 is 5.72 Å². The number of hydrogen-bond acceptors (Lipinski definition) is 3.